The van der Waals surface area contributed by atoms with Gasteiger partial charge in [-0.1, -0.05) is 20.3 Å². The highest BCUT2D eigenvalue weighted by Gasteiger charge is 2.05. The molecule has 0 fully saturated rings. The average Bonchev–Trinajstić information content (AvgIpc) is 2.24. The van der Waals surface area contributed by atoms with Crippen molar-refractivity contribution >= 4 is 17.0 Å². The van der Waals surface area contributed by atoms with Gasteiger partial charge in [0.1, 0.15) is 0 Å². The first-order valence-electron chi connectivity index (χ1n) is 5.79. The van der Waals surface area contributed by atoms with Crippen LogP contribution < -0.4 is 0 Å². The lowest BCUT2D eigenvalue weighted by Crippen LogP contribution is -2.08. The van der Waals surface area contributed by atoms with Gasteiger partial charge in [0.2, 0.25) is 0 Å². The maximum absolute atomic E-state index is 11.2. The second-order valence-electron chi connectivity index (χ2n) is 4.01. The molecule has 0 radical (unpaired) electrons. The fourth-order valence-electron chi connectivity index (χ4n) is 1.15. The van der Waals surface area contributed by atoms with E-state index in [0.717, 1.165) is 12.8 Å². The summed E-state index contributed by atoms with van der Waals surface area (Å²) in [5.41, 5.74) is 0. The summed E-state index contributed by atoms with van der Waals surface area (Å²) in [6, 6.07) is 0. The highest BCUT2D eigenvalue weighted by molar-refractivity contribution is 7.79. The summed E-state index contributed by atoms with van der Waals surface area (Å²) in [7, 11) is 0. The van der Waals surface area contributed by atoms with Crippen LogP contribution in [0.15, 0.2) is 0 Å². The lowest BCUT2D eigenvalue weighted by molar-refractivity contribution is -0.144. The van der Waals surface area contributed by atoms with Crippen molar-refractivity contribution in [1.29, 1.82) is 0 Å². The monoisotopic (exact) mass is 250 g/mol. The van der Waals surface area contributed by atoms with Crippen LogP contribution in [-0.2, 0) is 20.6 Å². The largest absolute Gasteiger partial charge is 0.466 e. The van der Waals surface area contributed by atoms with Crippen molar-refractivity contribution in [2.24, 2.45) is 5.92 Å². The number of esters is 1. The number of unbranched alkanes of at least 4 members (excludes halogenated alkanes) is 1. The van der Waals surface area contributed by atoms with Gasteiger partial charge in [0.05, 0.1) is 6.61 Å². The first kappa shape index (κ1) is 15.6. The molecule has 0 aromatic heterocycles. The molecule has 0 heterocycles. The van der Waals surface area contributed by atoms with E-state index >= 15 is 0 Å². The molecule has 0 saturated heterocycles. The van der Waals surface area contributed by atoms with Crippen molar-refractivity contribution < 1.29 is 18.3 Å². The summed E-state index contributed by atoms with van der Waals surface area (Å²) in [5, 5.41) is 0. The van der Waals surface area contributed by atoms with E-state index < -0.39 is 11.1 Å². The first-order chi connectivity index (χ1) is 7.56. The topological polar surface area (TPSA) is 63.6 Å². The second kappa shape index (κ2) is 9.78. The molecule has 0 amide bonds. The van der Waals surface area contributed by atoms with E-state index in [2.05, 4.69) is 13.8 Å². The Morgan fingerprint density at radius 2 is 2.12 bits per heavy atom. The van der Waals surface area contributed by atoms with Gasteiger partial charge in [-0.3, -0.25) is 4.79 Å². The Kier molecular flexibility index (Phi) is 9.52. The van der Waals surface area contributed by atoms with E-state index in [9.17, 15) is 9.00 Å². The molecule has 96 valence electrons. The minimum Gasteiger partial charge on any atom is -0.466 e. The molecule has 0 aromatic rings. The molecule has 0 aromatic carbocycles. The predicted molar refractivity (Wildman–Crippen MR) is 64.5 cm³/mol. The van der Waals surface area contributed by atoms with Crippen molar-refractivity contribution in [2.45, 2.75) is 46.0 Å². The minimum absolute atomic E-state index is 0.202. The quantitative estimate of drug-likeness (QED) is 0.387. The lowest BCUT2D eigenvalue weighted by Gasteiger charge is -2.08. The van der Waals surface area contributed by atoms with Crippen LogP contribution in [0.3, 0.4) is 0 Å². The van der Waals surface area contributed by atoms with E-state index in [4.69, 9.17) is 9.29 Å². The van der Waals surface area contributed by atoms with Gasteiger partial charge in [0, 0.05) is 12.2 Å². The van der Waals surface area contributed by atoms with Crippen molar-refractivity contribution in [3.8, 4) is 0 Å². The molecule has 5 heteroatoms. The fourth-order valence-corrected chi connectivity index (χ4v) is 1.60. The summed E-state index contributed by atoms with van der Waals surface area (Å²) in [4.78, 5) is 11.2. The summed E-state index contributed by atoms with van der Waals surface area (Å²) in [5.74, 6) is 0.622. The maximum atomic E-state index is 11.2. The van der Waals surface area contributed by atoms with E-state index in [0.29, 0.717) is 31.8 Å². The van der Waals surface area contributed by atoms with Crippen molar-refractivity contribution in [2.75, 3.05) is 12.4 Å². The Morgan fingerprint density at radius 1 is 1.44 bits per heavy atom. The van der Waals surface area contributed by atoms with Crippen molar-refractivity contribution in [3.05, 3.63) is 0 Å². The van der Waals surface area contributed by atoms with E-state index in [-0.39, 0.29) is 11.7 Å². The van der Waals surface area contributed by atoms with Crippen LogP contribution in [0, 0.1) is 5.92 Å². The second-order valence-corrected chi connectivity index (χ2v) is 5.06. The van der Waals surface area contributed by atoms with E-state index in [1.165, 1.54) is 0 Å². The van der Waals surface area contributed by atoms with Gasteiger partial charge >= 0.3 is 5.97 Å². The molecular weight excluding hydrogens is 228 g/mol. The zero-order valence-corrected chi connectivity index (χ0v) is 10.9. The Labute approximate surface area is 100 Å². The van der Waals surface area contributed by atoms with Crippen LogP contribution in [0.25, 0.3) is 0 Å². The van der Waals surface area contributed by atoms with E-state index in [1.54, 1.807) is 0 Å². The van der Waals surface area contributed by atoms with Crippen LogP contribution in [0.4, 0.5) is 0 Å². The molecule has 0 saturated carbocycles. The molecule has 0 aliphatic rings. The van der Waals surface area contributed by atoms with Crippen LogP contribution in [-0.4, -0.2) is 27.1 Å². The van der Waals surface area contributed by atoms with Gasteiger partial charge < -0.3 is 9.29 Å². The Morgan fingerprint density at radius 3 is 2.69 bits per heavy atom. The number of hydrogen-bond donors (Lipinski definition) is 1. The molecule has 1 N–H and O–H groups in total. The van der Waals surface area contributed by atoms with Gasteiger partial charge in [0.15, 0.2) is 11.1 Å². The molecule has 0 aliphatic heterocycles. The number of rotatable bonds is 9. The Balaban J connectivity index is 3.34. The van der Waals surface area contributed by atoms with E-state index in [1.807, 2.05) is 0 Å². The number of carbonyl (C=O) groups is 1. The van der Waals surface area contributed by atoms with Gasteiger partial charge in [-0.25, -0.2) is 4.21 Å². The predicted octanol–water partition coefficient (Wildman–Crippen LogP) is 2.36. The Hall–Kier alpha value is -0.420. The van der Waals surface area contributed by atoms with Crippen LogP contribution in [0.2, 0.25) is 0 Å². The number of hydrogen-bond acceptors (Lipinski definition) is 3. The lowest BCUT2D eigenvalue weighted by atomic mass is 10.1. The molecule has 4 nitrogen and oxygen atoms in total. The SMILES string of the molecule is CCC(C)CCOC(=O)CCCCS(=O)O. The number of ether oxygens (including phenoxy) is 1. The maximum Gasteiger partial charge on any atom is 0.305 e. The van der Waals surface area contributed by atoms with Crippen LogP contribution in [0.5, 0.6) is 0 Å². The summed E-state index contributed by atoms with van der Waals surface area (Å²) in [6.07, 6.45) is 3.55. The molecule has 0 rings (SSSR count). The highest BCUT2D eigenvalue weighted by atomic mass is 32.2. The minimum atomic E-state index is -1.75. The smallest absolute Gasteiger partial charge is 0.305 e. The zero-order chi connectivity index (χ0) is 12.4. The normalized spacial score (nSPS) is 14.4. The van der Waals surface area contributed by atoms with Gasteiger partial charge in [-0.2, -0.15) is 0 Å². The number of carbonyl (C=O) groups excluding carboxylic acids is 1. The summed E-state index contributed by atoms with van der Waals surface area (Å²) in [6.45, 7) is 4.73. The molecule has 16 heavy (non-hydrogen) atoms. The third-order valence-electron chi connectivity index (χ3n) is 2.52. The Bertz CT molecular complexity index is 218. The van der Waals surface area contributed by atoms with Crippen LogP contribution >= 0.6 is 0 Å². The highest BCUT2D eigenvalue weighted by Crippen LogP contribution is 2.07. The van der Waals surface area contributed by atoms with Gasteiger partial charge in [0.25, 0.3) is 0 Å². The van der Waals surface area contributed by atoms with Crippen molar-refractivity contribution in [3.63, 3.8) is 0 Å². The standard InChI is InChI=1S/C11H22O4S/c1-3-10(2)7-8-15-11(12)6-4-5-9-16(13)14/h10H,3-9H2,1-2H3,(H,13,14). The fraction of sp³-hybridized carbons (Fsp3) is 0.909. The molecule has 0 spiro atoms. The van der Waals surface area contributed by atoms with Gasteiger partial charge in [-0.05, 0) is 25.2 Å². The van der Waals surface area contributed by atoms with Gasteiger partial charge in [-0.15, -0.1) is 0 Å². The zero-order valence-electron chi connectivity index (χ0n) is 10.1. The molecule has 2 atom stereocenters. The van der Waals surface area contributed by atoms with Crippen molar-refractivity contribution in [1.82, 2.24) is 0 Å². The third kappa shape index (κ3) is 10.1. The molecule has 2 unspecified atom stereocenters. The third-order valence-corrected chi connectivity index (χ3v) is 3.16. The summed E-state index contributed by atoms with van der Waals surface area (Å²) >= 11 is -1.75. The molecule has 0 aliphatic carbocycles. The summed E-state index contributed by atoms with van der Waals surface area (Å²) < 4.78 is 23.9. The first-order valence-corrected chi connectivity index (χ1v) is 7.07. The van der Waals surface area contributed by atoms with Crippen LogP contribution in [0.1, 0.15) is 46.0 Å². The molecular formula is C11H22O4S. The molecule has 0 bridgehead atoms. The average molecular weight is 250 g/mol.